The number of hydrogen-bond acceptors (Lipinski definition) is 6. The van der Waals surface area contributed by atoms with Crippen LogP contribution < -0.4 is 4.90 Å². The minimum atomic E-state index is -0.0342. The summed E-state index contributed by atoms with van der Waals surface area (Å²) in [5, 5.41) is 4.48. The maximum atomic E-state index is 13.0. The number of rotatable bonds is 4. The van der Waals surface area contributed by atoms with Gasteiger partial charge in [-0.2, -0.15) is 4.98 Å². The number of piperidine rings is 1. The van der Waals surface area contributed by atoms with Gasteiger partial charge in [-0.05, 0) is 37.8 Å². The molecule has 1 amide bonds. The van der Waals surface area contributed by atoms with E-state index in [1.165, 1.54) is 0 Å². The summed E-state index contributed by atoms with van der Waals surface area (Å²) in [5.41, 5.74) is 0.557. The van der Waals surface area contributed by atoms with Gasteiger partial charge in [0.25, 0.3) is 5.91 Å². The van der Waals surface area contributed by atoms with E-state index in [4.69, 9.17) is 16.1 Å². The number of anilines is 1. The van der Waals surface area contributed by atoms with E-state index in [0.29, 0.717) is 29.0 Å². The van der Waals surface area contributed by atoms with Crippen molar-refractivity contribution >= 4 is 23.3 Å². The molecule has 8 heteroatoms. The van der Waals surface area contributed by atoms with Crippen LogP contribution in [-0.4, -0.2) is 53.1 Å². The number of aromatic nitrogens is 3. The van der Waals surface area contributed by atoms with E-state index in [9.17, 15) is 4.79 Å². The molecule has 2 aromatic rings. The number of nitrogens with zero attached hydrogens (tertiary/aromatic N) is 5. The van der Waals surface area contributed by atoms with Crippen molar-refractivity contribution in [3.8, 4) is 0 Å². The maximum absolute atomic E-state index is 13.0. The molecular weight excluding hydrogens is 354 g/mol. The van der Waals surface area contributed by atoms with Crippen LogP contribution in [0.5, 0.6) is 0 Å². The van der Waals surface area contributed by atoms with E-state index >= 15 is 0 Å². The highest BCUT2D eigenvalue weighted by Crippen LogP contribution is 2.39. The molecule has 138 valence electrons. The molecule has 7 nitrogen and oxygen atoms in total. The van der Waals surface area contributed by atoms with E-state index in [2.05, 4.69) is 15.1 Å². The normalized spacial score (nSPS) is 20.3. The van der Waals surface area contributed by atoms with Crippen LogP contribution in [0, 0.1) is 0 Å². The molecule has 0 spiro atoms. The van der Waals surface area contributed by atoms with Crippen molar-refractivity contribution in [2.45, 2.75) is 37.5 Å². The van der Waals surface area contributed by atoms with Crippen molar-refractivity contribution in [2.24, 2.45) is 0 Å². The summed E-state index contributed by atoms with van der Waals surface area (Å²) in [7, 11) is 3.75. The zero-order valence-electron chi connectivity index (χ0n) is 15.0. The molecular formula is C18H22ClN5O2. The molecule has 1 aliphatic heterocycles. The van der Waals surface area contributed by atoms with E-state index in [1.807, 2.05) is 23.9 Å². The molecule has 3 heterocycles. The summed E-state index contributed by atoms with van der Waals surface area (Å²) in [5.74, 6) is 2.68. The molecule has 26 heavy (non-hydrogen) atoms. The molecule has 0 aromatic carbocycles. The van der Waals surface area contributed by atoms with Gasteiger partial charge in [-0.25, -0.2) is 4.98 Å². The number of hydrogen-bond donors (Lipinski definition) is 0. The first-order valence-corrected chi connectivity index (χ1v) is 9.36. The quantitative estimate of drug-likeness (QED) is 0.764. The zero-order valence-corrected chi connectivity index (χ0v) is 15.7. The van der Waals surface area contributed by atoms with Gasteiger partial charge in [0, 0.05) is 44.6 Å². The number of carbonyl (C=O) groups is 1. The Kier molecular flexibility index (Phi) is 4.56. The van der Waals surface area contributed by atoms with Gasteiger partial charge in [0.1, 0.15) is 11.0 Å². The number of carbonyl (C=O) groups excluding carboxylic acids is 1. The van der Waals surface area contributed by atoms with Gasteiger partial charge in [-0.3, -0.25) is 4.79 Å². The van der Waals surface area contributed by atoms with Crippen molar-refractivity contribution in [2.75, 3.05) is 32.1 Å². The molecule has 4 rings (SSSR count). The van der Waals surface area contributed by atoms with Gasteiger partial charge in [0.15, 0.2) is 5.82 Å². The first-order chi connectivity index (χ1) is 12.5. The fourth-order valence-corrected chi connectivity index (χ4v) is 3.50. The molecule has 2 aliphatic rings. The van der Waals surface area contributed by atoms with Gasteiger partial charge in [0.2, 0.25) is 5.89 Å². The molecule has 1 atom stereocenters. The monoisotopic (exact) mass is 375 g/mol. The average molecular weight is 376 g/mol. The standard InChI is InChI=1S/C18H22ClN5O2/c1-23(2)15-9-13(8-14(19)20-15)18(25)24-7-3-4-12(10-24)16-21-17(26-22-16)11-5-6-11/h8-9,11-12H,3-7,10H2,1-2H3. The smallest absolute Gasteiger partial charge is 0.254 e. The lowest BCUT2D eigenvalue weighted by Gasteiger charge is -2.31. The molecule has 1 saturated heterocycles. The Balaban J connectivity index is 1.50. The Morgan fingerprint density at radius 2 is 2.04 bits per heavy atom. The van der Waals surface area contributed by atoms with E-state index in [0.717, 1.165) is 43.9 Å². The number of likely N-dealkylation sites (tertiary alicyclic amines) is 1. The number of amides is 1. The molecule has 0 bridgehead atoms. The Morgan fingerprint density at radius 3 is 2.77 bits per heavy atom. The van der Waals surface area contributed by atoms with Crippen LogP contribution in [0.4, 0.5) is 5.82 Å². The van der Waals surface area contributed by atoms with Crippen LogP contribution in [0.1, 0.15) is 59.6 Å². The third-order valence-electron chi connectivity index (χ3n) is 4.94. The Hall–Kier alpha value is -2.15. The van der Waals surface area contributed by atoms with Crippen LogP contribution in [0.2, 0.25) is 5.15 Å². The molecule has 1 unspecified atom stereocenters. The van der Waals surface area contributed by atoms with Gasteiger partial charge < -0.3 is 14.3 Å². The molecule has 1 aliphatic carbocycles. The summed E-state index contributed by atoms with van der Waals surface area (Å²) in [6.07, 6.45) is 4.15. The number of halogens is 1. The number of pyridine rings is 1. The molecule has 0 N–H and O–H groups in total. The summed E-state index contributed by atoms with van der Waals surface area (Å²) in [6, 6.07) is 3.40. The van der Waals surface area contributed by atoms with E-state index in [1.54, 1.807) is 12.1 Å². The summed E-state index contributed by atoms with van der Waals surface area (Å²) >= 11 is 6.10. The van der Waals surface area contributed by atoms with Gasteiger partial charge >= 0.3 is 0 Å². The SMILES string of the molecule is CN(C)c1cc(C(=O)N2CCCC(c3noc(C4CC4)n3)C2)cc(Cl)n1. The van der Waals surface area contributed by atoms with Crippen molar-refractivity contribution in [3.05, 3.63) is 34.6 Å². The highest BCUT2D eigenvalue weighted by molar-refractivity contribution is 6.29. The third kappa shape index (κ3) is 3.53. The van der Waals surface area contributed by atoms with Crippen LogP contribution >= 0.6 is 11.6 Å². The van der Waals surface area contributed by atoms with Crippen molar-refractivity contribution in [1.29, 1.82) is 0 Å². The van der Waals surface area contributed by atoms with Crippen LogP contribution in [0.25, 0.3) is 0 Å². The van der Waals surface area contributed by atoms with Crippen molar-refractivity contribution < 1.29 is 9.32 Å². The Morgan fingerprint density at radius 1 is 1.23 bits per heavy atom. The minimum Gasteiger partial charge on any atom is -0.363 e. The summed E-state index contributed by atoms with van der Waals surface area (Å²) in [6.45, 7) is 1.32. The third-order valence-corrected chi connectivity index (χ3v) is 5.14. The average Bonchev–Trinajstić information content (AvgIpc) is 3.37. The second kappa shape index (κ2) is 6.87. The van der Waals surface area contributed by atoms with Gasteiger partial charge in [0.05, 0.1) is 0 Å². The fourth-order valence-electron chi connectivity index (χ4n) is 3.30. The predicted molar refractivity (Wildman–Crippen MR) is 97.7 cm³/mol. The fraction of sp³-hybridized carbons (Fsp3) is 0.556. The summed E-state index contributed by atoms with van der Waals surface area (Å²) < 4.78 is 5.38. The highest BCUT2D eigenvalue weighted by atomic mass is 35.5. The van der Waals surface area contributed by atoms with Gasteiger partial charge in [-0.15, -0.1) is 0 Å². The maximum Gasteiger partial charge on any atom is 0.254 e. The topological polar surface area (TPSA) is 75.4 Å². The van der Waals surface area contributed by atoms with Gasteiger partial charge in [-0.1, -0.05) is 16.8 Å². The molecule has 2 fully saturated rings. The molecule has 2 aromatic heterocycles. The second-order valence-electron chi connectivity index (χ2n) is 7.29. The van der Waals surface area contributed by atoms with Crippen LogP contribution in [0.3, 0.4) is 0 Å². The lowest BCUT2D eigenvalue weighted by molar-refractivity contribution is 0.0703. The van der Waals surface area contributed by atoms with E-state index in [-0.39, 0.29) is 11.8 Å². The summed E-state index contributed by atoms with van der Waals surface area (Å²) in [4.78, 5) is 25.5. The largest absolute Gasteiger partial charge is 0.363 e. The molecule has 0 radical (unpaired) electrons. The first kappa shape index (κ1) is 17.3. The van der Waals surface area contributed by atoms with Crippen LogP contribution in [0.15, 0.2) is 16.7 Å². The highest BCUT2D eigenvalue weighted by Gasteiger charge is 2.33. The Labute approximate surface area is 157 Å². The lowest BCUT2D eigenvalue weighted by Crippen LogP contribution is -2.39. The zero-order chi connectivity index (χ0) is 18.3. The first-order valence-electron chi connectivity index (χ1n) is 8.99. The van der Waals surface area contributed by atoms with Crippen LogP contribution in [-0.2, 0) is 0 Å². The van der Waals surface area contributed by atoms with E-state index < -0.39 is 0 Å². The predicted octanol–water partition coefficient (Wildman–Crippen LogP) is 3.08. The minimum absolute atomic E-state index is 0.0342. The second-order valence-corrected chi connectivity index (χ2v) is 7.67. The van der Waals surface area contributed by atoms with Crippen molar-refractivity contribution in [1.82, 2.24) is 20.0 Å². The lowest BCUT2D eigenvalue weighted by atomic mass is 9.96. The van der Waals surface area contributed by atoms with Crippen molar-refractivity contribution in [3.63, 3.8) is 0 Å². The molecule has 1 saturated carbocycles. The Bertz CT molecular complexity index is 818.